The Bertz CT molecular complexity index is 2120. The Kier molecular flexibility index (Phi) is 10.5. The Morgan fingerprint density at radius 2 is 1.54 bits per heavy atom. The van der Waals surface area contributed by atoms with Gasteiger partial charge in [0, 0.05) is 56.4 Å². The highest BCUT2D eigenvalue weighted by Crippen LogP contribution is 2.59. The summed E-state index contributed by atoms with van der Waals surface area (Å²) in [4.78, 5) is 62.2. The van der Waals surface area contributed by atoms with Gasteiger partial charge in [0.2, 0.25) is 17.6 Å². The summed E-state index contributed by atoms with van der Waals surface area (Å²) in [5.41, 5.74) is 2.69. The van der Waals surface area contributed by atoms with Gasteiger partial charge >= 0.3 is 5.97 Å². The molecule has 0 radical (unpaired) electrons. The van der Waals surface area contributed by atoms with Gasteiger partial charge in [-0.25, -0.2) is 0 Å². The Morgan fingerprint density at radius 3 is 2.21 bits per heavy atom. The van der Waals surface area contributed by atoms with E-state index in [0.717, 1.165) is 22.3 Å². The molecule has 2 bridgehead atoms. The Hall–Kier alpha value is -5.70. The van der Waals surface area contributed by atoms with Gasteiger partial charge < -0.3 is 34.9 Å². The third kappa shape index (κ3) is 7.02. The molecule has 0 unspecified atom stereocenters. The normalized spacial score (nSPS) is 25.7. The van der Waals surface area contributed by atoms with Crippen molar-refractivity contribution in [3.63, 3.8) is 0 Å². The van der Waals surface area contributed by atoms with Crippen LogP contribution in [0.25, 0.3) is 6.08 Å². The topological polar surface area (TPSA) is 156 Å². The second-order valence-electron chi connectivity index (χ2n) is 14.9. The minimum absolute atomic E-state index is 0.0651. The largest absolute Gasteiger partial charge is 0.458 e. The zero-order valence-electron chi connectivity index (χ0n) is 31.6. The Labute approximate surface area is 330 Å². The van der Waals surface area contributed by atoms with Crippen LogP contribution < -0.4 is 10.6 Å². The number of carbonyl (C=O) groups excluding carboxylic acids is 4. The molecule has 294 valence electrons. The first-order valence-corrected chi connectivity index (χ1v) is 19.0. The van der Waals surface area contributed by atoms with Gasteiger partial charge in [-0.3, -0.25) is 24.0 Å². The van der Waals surface area contributed by atoms with Crippen molar-refractivity contribution in [2.75, 3.05) is 27.2 Å². The maximum atomic E-state index is 14.9. The lowest BCUT2D eigenvalue weighted by Crippen LogP contribution is -2.69. The van der Waals surface area contributed by atoms with E-state index in [2.05, 4.69) is 10.6 Å². The number of rotatable bonds is 12. The van der Waals surface area contributed by atoms with Crippen LogP contribution >= 0.6 is 0 Å². The SMILES string of the molecule is CN(C)C(=O)C=Cc1ccc(CN2O[C@@H]3[C@H]4OC(c5ccccc5)(c5ccccc5)O[C@H]4[C@H]4C[C@]3(C(=O)NCc3cccc(C(=O)NCCO)c3)[C@@H]2C(=O)O4)cc1. The number of aliphatic hydroxyl groups is 1. The molecule has 4 fully saturated rings. The lowest BCUT2D eigenvalue weighted by atomic mass is 9.62. The Morgan fingerprint density at radius 1 is 0.860 bits per heavy atom. The van der Waals surface area contributed by atoms with E-state index in [1.54, 1.807) is 44.4 Å². The number of ether oxygens (including phenoxy) is 3. The lowest BCUT2D eigenvalue weighted by molar-refractivity contribution is -0.213. The number of hydrogen-bond acceptors (Lipinski definition) is 10. The van der Waals surface area contributed by atoms with E-state index in [1.807, 2.05) is 84.9 Å². The van der Waals surface area contributed by atoms with E-state index in [-0.39, 0.29) is 44.5 Å². The van der Waals surface area contributed by atoms with Gasteiger partial charge in [-0.2, -0.15) is 5.06 Å². The van der Waals surface area contributed by atoms with Crippen molar-refractivity contribution in [3.8, 4) is 0 Å². The fraction of sp³-hybridized carbons (Fsp3) is 0.318. The quantitative estimate of drug-likeness (QED) is 0.144. The van der Waals surface area contributed by atoms with Gasteiger partial charge in [0.05, 0.1) is 13.2 Å². The lowest BCUT2D eigenvalue weighted by Gasteiger charge is -2.48. The first-order valence-electron chi connectivity index (χ1n) is 19.0. The minimum atomic E-state index is -1.45. The minimum Gasteiger partial charge on any atom is -0.458 e. The molecule has 3 amide bonds. The number of amides is 3. The summed E-state index contributed by atoms with van der Waals surface area (Å²) in [6.45, 7) is 0.129. The number of aliphatic hydroxyl groups excluding tert-OH is 1. The second-order valence-corrected chi connectivity index (χ2v) is 14.9. The van der Waals surface area contributed by atoms with Crippen LogP contribution in [-0.2, 0) is 52.3 Å². The smallest absolute Gasteiger partial charge is 0.327 e. The molecule has 8 rings (SSSR count). The van der Waals surface area contributed by atoms with Gasteiger partial charge in [0.25, 0.3) is 5.91 Å². The summed E-state index contributed by atoms with van der Waals surface area (Å²) in [6, 6.07) is 32.3. The number of nitrogens with zero attached hydrogens (tertiary/aromatic N) is 2. The van der Waals surface area contributed by atoms with Crippen LogP contribution in [0.4, 0.5) is 0 Å². The number of hydrogen-bond donors (Lipinski definition) is 3. The van der Waals surface area contributed by atoms with Crippen LogP contribution in [0.2, 0.25) is 0 Å². The van der Waals surface area contributed by atoms with Crippen molar-refractivity contribution in [2.24, 2.45) is 5.41 Å². The van der Waals surface area contributed by atoms with Crippen LogP contribution in [-0.4, -0.2) is 96.5 Å². The average Bonchev–Trinajstić information content (AvgIpc) is 3.82. The molecule has 3 heterocycles. The molecule has 4 aromatic carbocycles. The molecule has 3 aliphatic heterocycles. The highest BCUT2D eigenvalue weighted by atomic mass is 16.8. The van der Waals surface area contributed by atoms with Crippen LogP contribution in [0.1, 0.15) is 44.6 Å². The molecule has 1 saturated carbocycles. The summed E-state index contributed by atoms with van der Waals surface area (Å²) in [5, 5.41) is 16.4. The third-order valence-electron chi connectivity index (χ3n) is 11.1. The molecule has 0 aromatic heterocycles. The molecular weight excluding hydrogens is 729 g/mol. The average molecular weight is 773 g/mol. The number of benzene rings is 4. The maximum Gasteiger partial charge on any atom is 0.327 e. The van der Waals surface area contributed by atoms with Gasteiger partial charge in [-0.05, 0) is 34.9 Å². The van der Waals surface area contributed by atoms with Crippen LogP contribution in [0.15, 0.2) is 115 Å². The molecule has 4 aliphatic rings. The number of nitrogens with one attached hydrogen (secondary N) is 2. The number of fused-ring (bicyclic) bond motifs is 4. The van der Waals surface area contributed by atoms with Crippen LogP contribution in [0, 0.1) is 5.41 Å². The van der Waals surface area contributed by atoms with Crippen LogP contribution in [0.5, 0.6) is 0 Å². The molecule has 0 spiro atoms. The molecular formula is C44H44N4O9. The van der Waals surface area contributed by atoms with Gasteiger partial charge in [-0.15, -0.1) is 0 Å². The predicted molar refractivity (Wildman–Crippen MR) is 206 cm³/mol. The summed E-state index contributed by atoms with van der Waals surface area (Å²) < 4.78 is 20.2. The van der Waals surface area contributed by atoms with Crippen molar-refractivity contribution < 1.29 is 43.3 Å². The summed E-state index contributed by atoms with van der Waals surface area (Å²) >= 11 is 0. The third-order valence-corrected chi connectivity index (χ3v) is 11.1. The van der Waals surface area contributed by atoms with E-state index in [4.69, 9.17) is 24.2 Å². The van der Waals surface area contributed by atoms with Crippen molar-refractivity contribution >= 4 is 29.8 Å². The zero-order valence-corrected chi connectivity index (χ0v) is 31.6. The van der Waals surface area contributed by atoms with Crippen molar-refractivity contribution in [2.45, 2.75) is 55.8 Å². The Balaban J connectivity index is 1.14. The fourth-order valence-electron chi connectivity index (χ4n) is 8.36. The summed E-state index contributed by atoms with van der Waals surface area (Å²) in [5.74, 6) is -2.89. The summed E-state index contributed by atoms with van der Waals surface area (Å²) in [7, 11) is 3.37. The van der Waals surface area contributed by atoms with E-state index >= 15 is 0 Å². The van der Waals surface area contributed by atoms with Gasteiger partial charge in [0.1, 0.15) is 29.8 Å². The predicted octanol–water partition coefficient (Wildman–Crippen LogP) is 3.31. The van der Waals surface area contributed by atoms with Crippen molar-refractivity contribution in [1.29, 1.82) is 0 Å². The molecule has 3 N–H and O–H groups in total. The number of hydroxylamine groups is 2. The number of esters is 1. The van der Waals surface area contributed by atoms with Crippen LogP contribution in [0.3, 0.4) is 0 Å². The molecule has 3 saturated heterocycles. The van der Waals surface area contributed by atoms with Crippen molar-refractivity contribution in [1.82, 2.24) is 20.6 Å². The van der Waals surface area contributed by atoms with Gasteiger partial charge in [0.15, 0.2) is 6.04 Å². The molecule has 4 aromatic rings. The number of carbonyl (C=O) groups is 4. The standard InChI is InChI=1S/C44H44N4O9/c1-47(2)35(50)21-20-28-16-18-29(19-17-28)27-48-38-41(52)54-34-25-43(38,42(53)46-26-30-10-9-11-31(24-30)40(51)45-22-23-49)39(57-48)37-36(34)55-44(56-37,32-12-5-3-6-13-32)33-14-7-4-8-15-33/h3-21,24,34,36-39,49H,22-23,25-27H2,1-2H3,(H,45,51)(H,46,53)/t34-,36+,37+,38+,39-,43+/m1/s1. The zero-order chi connectivity index (χ0) is 39.7. The van der Waals surface area contributed by atoms with Crippen molar-refractivity contribution in [3.05, 3.63) is 149 Å². The van der Waals surface area contributed by atoms with E-state index in [9.17, 15) is 19.2 Å². The summed E-state index contributed by atoms with van der Waals surface area (Å²) in [6.07, 6.45) is -0.0526. The van der Waals surface area contributed by atoms with E-state index in [1.165, 1.54) is 16.0 Å². The van der Waals surface area contributed by atoms with E-state index in [0.29, 0.717) is 11.1 Å². The molecule has 1 aliphatic carbocycles. The monoisotopic (exact) mass is 772 g/mol. The second kappa shape index (κ2) is 15.7. The molecule has 13 heteroatoms. The number of likely N-dealkylation sites (N-methyl/N-ethyl adjacent to an activating group) is 1. The molecule has 57 heavy (non-hydrogen) atoms. The first kappa shape index (κ1) is 38.2. The fourth-order valence-corrected chi connectivity index (χ4v) is 8.36. The highest BCUT2D eigenvalue weighted by Gasteiger charge is 2.76. The van der Waals surface area contributed by atoms with E-state index < -0.39 is 53.5 Å². The maximum absolute atomic E-state index is 14.9. The molecule has 6 atom stereocenters. The molecule has 13 nitrogen and oxygen atoms in total. The highest BCUT2D eigenvalue weighted by molar-refractivity contribution is 5.95. The first-order chi connectivity index (χ1) is 27.6. The van der Waals surface area contributed by atoms with Gasteiger partial charge in [-0.1, -0.05) is 97.1 Å².